The molecule has 1 saturated carbocycles. The highest BCUT2D eigenvalue weighted by atomic mass is 16.2. The number of amides is 4. The Labute approximate surface area is 140 Å². The fourth-order valence-corrected chi connectivity index (χ4v) is 3.47. The first-order valence-corrected chi connectivity index (χ1v) is 8.25. The Balaban J connectivity index is 1.66. The zero-order chi connectivity index (χ0) is 17.5. The lowest BCUT2D eigenvalue weighted by Gasteiger charge is -2.33. The molecule has 1 spiro atoms. The number of aromatic nitrogens is 2. The highest BCUT2D eigenvalue weighted by molar-refractivity contribution is 6.10. The first kappa shape index (κ1) is 16.5. The minimum Gasteiger partial charge on any atom is -0.323 e. The SMILES string of the molecule is Cc1cc(NC(=O)CN2C(=O)NC3(CCC(C)CC3)C2=O)n(C)n1. The topological polar surface area (TPSA) is 96.3 Å². The molecular weight excluding hydrogens is 310 g/mol. The Morgan fingerprint density at radius 2 is 2.08 bits per heavy atom. The van der Waals surface area contributed by atoms with Crippen LogP contribution in [0.2, 0.25) is 0 Å². The molecule has 0 bridgehead atoms. The van der Waals surface area contributed by atoms with Crippen molar-refractivity contribution in [2.75, 3.05) is 11.9 Å². The largest absolute Gasteiger partial charge is 0.325 e. The molecule has 1 aliphatic carbocycles. The number of hydrogen-bond donors (Lipinski definition) is 2. The summed E-state index contributed by atoms with van der Waals surface area (Å²) in [5.41, 5.74) is -0.0365. The lowest BCUT2D eigenvalue weighted by Crippen LogP contribution is -2.49. The van der Waals surface area contributed by atoms with Gasteiger partial charge in [-0.2, -0.15) is 5.10 Å². The first-order valence-electron chi connectivity index (χ1n) is 8.25. The fraction of sp³-hybridized carbons (Fsp3) is 0.625. The van der Waals surface area contributed by atoms with E-state index in [1.165, 1.54) is 0 Å². The van der Waals surface area contributed by atoms with Gasteiger partial charge in [-0.1, -0.05) is 6.92 Å². The van der Waals surface area contributed by atoms with Crippen LogP contribution in [0.3, 0.4) is 0 Å². The number of aryl methyl sites for hydroxylation is 2. The van der Waals surface area contributed by atoms with Crippen LogP contribution in [-0.2, 0) is 16.6 Å². The zero-order valence-corrected chi connectivity index (χ0v) is 14.3. The number of nitrogens with one attached hydrogen (secondary N) is 2. The van der Waals surface area contributed by atoms with Crippen molar-refractivity contribution < 1.29 is 14.4 Å². The molecule has 0 aromatic carbocycles. The third-order valence-electron chi connectivity index (χ3n) is 4.94. The van der Waals surface area contributed by atoms with Crippen molar-refractivity contribution in [3.8, 4) is 0 Å². The third-order valence-corrected chi connectivity index (χ3v) is 4.94. The van der Waals surface area contributed by atoms with Gasteiger partial charge in [-0.15, -0.1) is 0 Å². The van der Waals surface area contributed by atoms with Gasteiger partial charge in [-0.3, -0.25) is 19.2 Å². The predicted molar refractivity (Wildman–Crippen MR) is 87.2 cm³/mol. The number of rotatable bonds is 3. The maximum atomic E-state index is 12.7. The van der Waals surface area contributed by atoms with Crippen LogP contribution >= 0.6 is 0 Å². The number of hydrogen-bond acceptors (Lipinski definition) is 4. The molecule has 2 N–H and O–H groups in total. The number of urea groups is 1. The quantitative estimate of drug-likeness (QED) is 0.812. The van der Waals surface area contributed by atoms with E-state index in [1.54, 1.807) is 17.8 Å². The summed E-state index contributed by atoms with van der Waals surface area (Å²) in [7, 11) is 1.72. The van der Waals surface area contributed by atoms with E-state index in [9.17, 15) is 14.4 Å². The summed E-state index contributed by atoms with van der Waals surface area (Å²) in [6, 6.07) is 1.25. The summed E-state index contributed by atoms with van der Waals surface area (Å²) in [4.78, 5) is 38.1. The van der Waals surface area contributed by atoms with E-state index >= 15 is 0 Å². The maximum absolute atomic E-state index is 12.7. The van der Waals surface area contributed by atoms with E-state index in [2.05, 4.69) is 22.7 Å². The highest BCUT2D eigenvalue weighted by Gasteiger charge is 2.52. The van der Waals surface area contributed by atoms with Gasteiger partial charge in [0.2, 0.25) is 5.91 Å². The highest BCUT2D eigenvalue weighted by Crippen LogP contribution is 2.36. The molecule has 2 heterocycles. The van der Waals surface area contributed by atoms with E-state index in [1.807, 2.05) is 6.92 Å². The van der Waals surface area contributed by atoms with Crippen LogP contribution in [0.5, 0.6) is 0 Å². The van der Waals surface area contributed by atoms with Gasteiger partial charge in [0.05, 0.1) is 5.69 Å². The maximum Gasteiger partial charge on any atom is 0.325 e. The number of imide groups is 1. The molecule has 2 fully saturated rings. The Morgan fingerprint density at radius 3 is 2.67 bits per heavy atom. The van der Waals surface area contributed by atoms with Crippen LogP contribution in [0.25, 0.3) is 0 Å². The van der Waals surface area contributed by atoms with Gasteiger partial charge in [0.25, 0.3) is 5.91 Å². The van der Waals surface area contributed by atoms with Gasteiger partial charge in [0.15, 0.2) is 0 Å². The van der Waals surface area contributed by atoms with Crippen molar-refractivity contribution in [3.05, 3.63) is 11.8 Å². The molecular formula is C16H23N5O3. The molecule has 24 heavy (non-hydrogen) atoms. The molecule has 1 aromatic heterocycles. The van der Waals surface area contributed by atoms with E-state index in [-0.39, 0.29) is 12.5 Å². The lowest BCUT2D eigenvalue weighted by atomic mass is 9.77. The first-order chi connectivity index (χ1) is 11.3. The molecule has 1 aromatic rings. The predicted octanol–water partition coefficient (Wildman–Crippen LogP) is 1.17. The summed E-state index contributed by atoms with van der Waals surface area (Å²) in [6.07, 6.45) is 3.08. The number of anilines is 1. The normalized spacial score (nSPS) is 26.8. The van der Waals surface area contributed by atoms with Gasteiger partial charge < -0.3 is 10.6 Å². The van der Waals surface area contributed by atoms with E-state index in [0.717, 1.165) is 23.4 Å². The van der Waals surface area contributed by atoms with Gasteiger partial charge >= 0.3 is 6.03 Å². The zero-order valence-electron chi connectivity index (χ0n) is 14.3. The summed E-state index contributed by atoms with van der Waals surface area (Å²) >= 11 is 0. The summed E-state index contributed by atoms with van der Waals surface area (Å²) in [5.74, 6) is 0.398. The van der Waals surface area contributed by atoms with Crippen LogP contribution in [0.1, 0.15) is 38.3 Å². The summed E-state index contributed by atoms with van der Waals surface area (Å²) in [6.45, 7) is 3.68. The second kappa shape index (κ2) is 5.92. The third kappa shape index (κ3) is 2.88. The molecule has 0 atom stereocenters. The fourth-order valence-electron chi connectivity index (χ4n) is 3.47. The number of nitrogens with zero attached hydrogens (tertiary/aromatic N) is 3. The molecule has 1 saturated heterocycles. The van der Waals surface area contributed by atoms with Crippen LogP contribution in [0.4, 0.5) is 10.6 Å². The molecule has 130 valence electrons. The molecule has 8 heteroatoms. The van der Waals surface area contributed by atoms with Crippen molar-refractivity contribution in [1.29, 1.82) is 0 Å². The van der Waals surface area contributed by atoms with E-state index in [0.29, 0.717) is 24.6 Å². The number of carbonyl (C=O) groups excluding carboxylic acids is 3. The van der Waals surface area contributed by atoms with Gasteiger partial charge in [0, 0.05) is 13.1 Å². The Bertz CT molecular complexity index is 688. The summed E-state index contributed by atoms with van der Waals surface area (Å²) < 4.78 is 1.54. The molecule has 0 unspecified atom stereocenters. The lowest BCUT2D eigenvalue weighted by molar-refractivity contribution is -0.135. The molecule has 3 rings (SSSR count). The molecule has 4 amide bonds. The molecule has 2 aliphatic rings. The molecule has 1 aliphatic heterocycles. The standard InChI is InChI=1S/C16H23N5O3/c1-10-4-6-16(7-5-10)14(23)21(15(24)18-16)9-13(22)17-12-8-11(2)19-20(12)3/h8,10H,4-7,9H2,1-3H3,(H,17,22)(H,18,24). The Kier molecular flexibility index (Phi) is 4.06. The summed E-state index contributed by atoms with van der Waals surface area (Å²) in [5, 5.41) is 9.64. The van der Waals surface area contributed by atoms with Gasteiger partial charge in [-0.25, -0.2) is 4.79 Å². The monoisotopic (exact) mass is 333 g/mol. The minimum atomic E-state index is -0.813. The van der Waals surface area contributed by atoms with Crippen molar-refractivity contribution in [1.82, 2.24) is 20.0 Å². The van der Waals surface area contributed by atoms with Gasteiger partial charge in [0.1, 0.15) is 17.9 Å². The van der Waals surface area contributed by atoms with Crippen LogP contribution in [0.15, 0.2) is 6.07 Å². The smallest absolute Gasteiger partial charge is 0.323 e. The molecule has 8 nitrogen and oxygen atoms in total. The molecule has 0 radical (unpaired) electrons. The van der Waals surface area contributed by atoms with Crippen LogP contribution in [-0.4, -0.2) is 44.6 Å². The van der Waals surface area contributed by atoms with Gasteiger partial charge in [-0.05, 0) is 38.5 Å². The Hall–Kier alpha value is -2.38. The van der Waals surface area contributed by atoms with Crippen molar-refractivity contribution in [3.63, 3.8) is 0 Å². The van der Waals surface area contributed by atoms with Crippen LogP contribution < -0.4 is 10.6 Å². The minimum absolute atomic E-state index is 0.282. The average Bonchev–Trinajstić information content (AvgIpc) is 2.94. The van der Waals surface area contributed by atoms with Crippen molar-refractivity contribution in [2.24, 2.45) is 13.0 Å². The van der Waals surface area contributed by atoms with Crippen LogP contribution in [0, 0.1) is 12.8 Å². The second-order valence-electron chi connectivity index (χ2n) is 6.93. The van der Waals surface area contributed by atoms with E-state index < -0.39 is 17.5 Å². The average molecular weight is 333 g/mol. The Morgan fingerprint density at radius 1 is 1.42 bits per heavy atom. The number of carbonyl (C=O) groups is 3. The second-order valence-corrected chi connectivity index (χ2v) is 6.93. The van der Waals surface area contributed by atoms with E-state index in [4.69, 9.17) is 0 Å². The van der Waals surface area contributed by atoms with Crippen molar-refractivity contribution in [2.45, 2.75) is 45.1 Å². The van der Waals surface area contributed by atoms with Crippen molar-refractivity contribution >= 4 is 23.7 Å².